The molecule has 1 heterocycles. The Labute approximate surface area is 74.6 Å². The second-order valence-electron chi connectivity index (χ2n) is 3.57. The third-order valence-electron chi connectivity index (χ3n) is 2.39. The van der Waals surface area contributed by atoms with E-state index in [0.29, 0.717) is 5.92 Å². The standard InChI is InChI=1S/C10H18N2/c1-6-12-9(5)8(4)10(11-12)7(2)3/h7H,6H2,1-5H3. The maximum absolute atomic E-state index is 4.54. The van der Waals surface area contributed by atoms with Gasteiger partial charge in [0, 0.05) is 12.2 Å². The topological polar surface area (TPSA) is 17.8 Å². The van der Waals surface area contributed by atoms with Crippen molar-refractivity contribution >= 4 is 0 Å². The van der Waals surface area contributed by atoms with Crippen molar-refractivity contribution in [3.63, 3.8) is 0 Å². The van der Waals surface area contributed by atoms with Crippen molar-refractivity contribution in [3.05, 3.63) is 17.0 Å². The van der Waals surface area contributed by atoms with Crippen LogP contribution in [0.25, 0.3) is 0 Å². The molecule has 1 aromatic rings. The number of rotatable bonds is 2. The van der Waals surface area contributed by atoms with Crippen molar-refractivity contribution in [1.82, 2.24) is 9.78 Å². The molecule has 0 saturated carbocycles. The Bertz CT molecular complexity index is 272. The molecule has 0 fully saturated rings. The van der Waals surface area contributed by atoms with Crippen molar-refractivity contribution < 1.29 is 0 Å². The largest absolute Gasteiger partial charge is 0.270 e. The van der Waals surface area contributed by atoms with Crippen LogP contribution in [0.1, 0.15) is 43.6 Å². The van der Waals surface area contributed by atoms with Crippen molar-refractivity contribution in [2.75, 3.05) is 0 Å². The highest BCUT2D eigenvalue weighted by atomic mass is 15.3. The van der Waals surface area contributed by atoms with Crippen LogP contribution in [-0.2, 0) is 6.54 Å². The van der Waals surface area contributed by atoms with Gasteiger partial charge < -0.3 is 0 Å². The predicted octanol–water partition coefficient (Wildman–Crippen LogP) is 2.64. The molecule has 0 N–H and O–H groups in total. The molecule has 0 atom stereocenters. The highest BCUT2D eigenvalue weighted by molar-refractivity contribution is 5.25. The summed E-state index contributed by atoms with van der Waals surface area (Å²) >= 11 is 0. The van der Waals surface area contributed by atoms with Crippen LogP contribution in [0.5, 0.6) is 0 Å². The molecule has 2 nitrogen and oxygen atoms in total. The monoisotopic (exact) mass is 166 g/mol. The summed E-state index contributed by atoms with van der Waals surface area (Å²) in [6, 6.07) is 0. The minimum absolute atomic E-state index is 0.538. The molecule has 0 aromatic carbocycles. The predicted molar refractivity (Wildman–Crippen MR) is 51.5 cm³/mol. The molecule has 0 unspecified atom stereocenters. The summed E-state index contributed by atoms with van der Waals surface area (Å²) in [6.45, 7) is 11.8. The van der Waals surface area contributed by atoms with E-state index < -0.39 is 0 Å². The number of aromatic nitrogens is 2. The van der Waals surface area contributed by atoms with Crippen LogP contribution in [0.3, 0.4) is 0 Å². The van der Waals surface area contributed by atoms with E-state index >= 15 is 0 Å². The van der Waals surface area contributed by atoms with E-state index in [9.17, 15) is 0 Å². The fourth-order valence-corrected chi connectivity index (χ4v) is 1.52. The van der Waals surface area contributed by atoms with Crippen LogP contribution in [0.2, 0.25) is 0 Å². The normalized spacial score (nSPS) is 11.2. The Kier molecular flexibility index (Phi) is 2.55. The minimum Gasteiger partial charge on any atom is -0.270 e. The van der Waals surface area contributed by atoms with Gasteiger partial charge in [-0.3, -0.25) is 4.68 Å². The molecular formula is C10H18N2. The fourth-order valence-electron chi connectivity index (χ4n) is 1.52. The lowest BCUT2D eigenvalue weighted by molar-refractivity contribution is 0.620. The highest BCUT2D eigenvalue weighted by Gasteiger charge is 2.11. The summed E-state index contributed by atoms with van der Waals surface area (Å²) in [6.07, 6.45) is 0. The number of aryl methyl sites for hydroxylation is 1. The van der Waals surface area contributed by atoms with Crippen LogP contribution < -0.4 is 0 Å². The van der Waals surface area contributed by atoms with Gasteiger partial charge in [-0.05, 0) is 32.3 Å². The van der Waals surface area contributed by atoms with Gasteiger partial charge in [-0.15, -0.1) is 0 Å². The van der Waals surface area contributed by atoms with Gasteiger partial charge in [0.2, 0.25) is 0 Å². The molecular weight excluding hydrogens is 148 g/mol. The van der Waals surface area contributed by atoms with Gasteiger partial charge in [-0.25, -0.2) is 0 Å². The van der Waals surface area contributed by atoms with Crippen LogP contribution in [0.15, 0.2) is 0 Å². The molecule has 0 saturated heterocycles. The van der Waals surface area contributed by atoms with Gasteiger partial charge in [0.1, 0.15) is 0 Å². The molecule has 2 heteroatoms. The van der Waals surface area contributed by atoms with Gasteiger partial charge in [0.05, 0.1) is 5.69 Å². The first-order valence-corrected chi connectivity index (χ1v) is 4.61. The second kappa shape index (κ2) is 3.30. The molecule has 68 valence electrons. The van der Waals surface area contributed by atoms with Gasteiger partial charge in [-0.1, -0.05) is 13.8 Å². The average Bonchev–Trinajstić information content (AvgIpc) is 2.30. The first-order chi connectivity index (χ1) is 5.57. The van der Waals surface area contributed by atoms with E-state index in [1.54, 1.807) is 0 Å². The summed E-state index contributed by atoms with van der Waals surface area (Å²) in [5, 5.41) is 4.54. The van der Waals surface area contributed by atoms with E-state index in [-0.39, 0.29) is 0 Å². The summed E-state index contributed by atoms with van der Waals surface area (Å²) in [7, 11) is 0. The third-order valence-corrected chi connectivity index (χ3v) is 2.39. The first-order valence-electron chi connectivity index (χ1n) is 4.61. The summed E-state index contributed by atoms with van der Waals surface area (Å²) in [5.41, 5.74) is 3.90. The van der Waals surface area contributed by atoms with Crippen LogP contribution in [0.4, 0.5) is 0 Å². The van der Waals surface area contributed by atoms with E-state index in [1.807, 2.05) is 0 Å². The maximum atomic E-state index is 4.54. The Morgan fingerprint density at radius 1 is 1.33 bits per heavy atom. The molecule has 0 bridgehead atoms. The number of nitrogens with zero attached hydrogens (tertiary/aromatic N) is 2. The van der Waals surface area contributed by atoms with E-state index in [4.69, 9.17) is 0 Å². The Hall–Kier alpha value is -0.790. The summed E-state index contributed by atoms with van der Waals surface area (Å²) < 4.78 is 2.07. The Morgan fingerprint density at radius 2 is 1.92 bits per heavy atom. The summed E-state index contributed by atoms with van der Waals surface area (Å²) in [5.74, 6) is 0.538. The Balaban J connectivity index is 3.16. The lowest BCUT2D eigenvalue weighted by Gasteiger charge is -1.99. The van der Waals surface area contributed by atoms with E-state index in [0.717, 1.165) is 6.54 Å². The smallest absolute Gasteiger partial charge is 0.0681 e. The van der Waals surface area contributed by atoms with Crippen molar-refractivity contribution in [1.29, 1.82) is 0 Å². The zero-order valence-corrected chi connectivity index (χ0v) is 8.68. The van der Waals surface area contributed by atoms with E-state index in [2.05, 4.69) is 44.4 Å². The molecule has 0 aliphatic carbocycles. The van der Waals surface area contributed by atoms with Crippen LogP contribution in [0, 0.1) is 13.8 Å². The SMILES string of the molecule is CCn1nc(C(C)C)c(C)c1C. The minimum atomic E-state index is 0.538. The third kappa shape index (κ3) is 1.38. The molecule has 0 spiro atoms. The lowest BCUT2D eigenvalue weighted by atomic mass is 10.1. The van der Waals surface area contributed by atoms with Gasteiger partial charge in [0.25, 0.3) is 0 Å². The quantitative estimate of drug-likeness (QED) is 0.660. The second-order valence-corrected chi connectivity index (χ2v) is 3.57. The number of hydrogen-bond donors (Lipinski definition) is 0. The zero-order valence-electron chi connectivity index (χ0n) is 8.68. The molecule has 1 rings (SSSR count). The van der Waals surface area contributed by atoms with Gasteiger partial charge in [-0.2, -0.15) is 5.10 Å². The first kappa shape index (κ1) is 9.30. The average molecular weight is 166 g/mol. The van der Waals surface area contributed by atoms with Gasteiger partial charge in [0.15, 0.2) is 0 Å². The Morgan fingerprint density at radius 3 is 2.17 bits per heavy atom. The van der Waals surface area contributed by atoms with Crippen LogP contribution in [-0.4, -0.2) is 9.78 Å². The maximum Gasteiger partial charge on any atom is 0.0681 e. The zero-order chi connectivity index (χ0) is 9.30. The molecule has 1 aromatic heterocycles. The fraction of sp³-hybridized carbons (Fsp3) is 0.700. The molecule has 12 heavy (non-hydrogen) atoms. The molecule has 0 aliphatic heterocycles. The van der Waals surface area contributed by atoms with Crippen LogP contribution >= 0.6 is 0 Å². The van der Waals surface area contributed by atoms with E-state index in [1.165, 1.54) is 17.0 Å². The van der Waals surface area contributed by atoms with Gasteiger partial charge >= 0.3 is 0 Å². The van der Waals surface area contributed by atoms with Crippen molar-refractivity contribution in [2.24, 2.45) is 0 Å². The molecule has 0 radical (unpaired) electrons. The highest BCUT2D eigenvalue weighted by Crippen LogP contribution is 2.19. The molecule has 0 aliphatic rings. The summed E-state index contributed by atoms with van der Waals surface area (Å²) in [4.78, 5) is 0. The number of hydrogen-bond acceptors (Lipinski definition) is 1. The van der Waals surface area contributed by atoms with Crippen molar-refractivity contribution in [3.8, 4) is 0 Å². The lowest BCUT2D eigenvalue weighted by Crippen LogP contribution is -1.99. The van der Waals surface area contributed by atoms with Crippen molar-refractivity contribution in [2.45, 2.75) is 47.1 Å². The molecule has 0 amide bonds.